The molecule has 0 atom stereocenters. The van der Waals surface area contributed by atoms with Crippen molar-refractivity contribution in [1.29, 1.82) is 0 Å². The first-order valence-electron chi connectivity index (χ1n) is 8.60. The predicted octanol–water partition coefficient (Wildman–Crippen LogP) is 3.54. The lowest BCUT2D eigenvalue weighted by atomic mass is 10.1. The zero-order valence-corrected chi connectivity index (χ0v) is 15.5. The van der Waals surface area contributed by atoms with Gasteiger partial charge in [0, 0.05) is 30.2 Å². The molecule has 0 saturated carbocycles. The first-order valence-corrected chi connectivity index (χ1v) is 8.60. The third kappa shape index (κ3) is 4.35. The number of ether oxygens (including phenoxy) is 1. The van der Waals surface area contributed by atoms with E-state index in [0.717, 1.165) is 11.1 Å². The average molecular weight is 381 g/mol. The van der Waals surface area contributed by atoms with Crippen LogP contribution in [0.1, 0.15) is 21.6 Å². The van der Waals surface area contributed by atoms with Gasteiger partial charge in [0.2, 0.25) is 5.89 Å². The maximum Gasteiger partial charge on any atom is 0.311 e. The summed E-state index contributed by atoms with van der Waals surface area (Å²) in [6.07, 6.45) is 2.03. The maximum atomic E-state index is 12.2. The second-order valence-corrected chi connectivity index (χ2v) is 6.16. The molecular formula is C20H19N3O5. The molecule has 28 heavy (non-hydrogen) atoms. The lowest BCUT2D eigenvalue weighted by Gasteiger charge is -2.06. The zero-order chi connectivity index (χ0) is 20.1. The van der Waals surface area contributed by atoms with E-state index in [4.69, 9.17) is 9.15 Å². The summed E-state index contributed by atoms with van der Waals surface area (Å²) >= 11 is 0. The number of carbonyl (C=O) groups is 1. The molecule has 0 bridgehead atoms. The molecule has 2 aromatic carbocycles. The molecule has 0 unspecified atom stereocenters. The molecule has 0 aliphatic heterocycles. The number of aromatic nitrogens is 1. The lowest BCUT2D eigenvalue weighted by molar-refractivity contribution is -0.385. The zero-order valence-electron chi connectivity index (χ0n) is 15.5. The van der Waals surface area contributed by atoms with Crippen LogP contribution in [0.25, 0.3) is 11.5 Å². The van der Waals surface area contributed by atoms with Crippen LogP contribution in [0.15, 0.2) is 53.1 Å². The quantitative estimate of drug-likeness (QED) is 0.495. The van der Waals surface area contributed by atoms with Crippen molar-refractivity contribution in [3.05, 3.63) is 75.7 Å². The summed E-state index contributed by atoms with van der Waals surface area (Å²) in [5.41, 5.74) is 2.67. The van der Waals surface area contributed by atoms with Crippen LogP contribution in [0.4, 0.5) is 5.69 Å². The summed E-state index contributed by atoms with van der Waals surface area (Å²) in [7, 11) is 1.34. The van der Waals surface area contributed by atoms with Gasteiger partial charge >= 0.3 is 5.69 Å². The first kappa shape index (κ1) is 19.1. The van der Waals surface area contributed by atoms with Crippen LogP contribution in [-0.4, -0.2) is 29.5 Å². The van der Waals surface area contributed by atoms with Gasteiger partial charge in [-0.05, 0) is 31.2 Å². The van der Waals surface area contributed by atoms with E-state index < -0.39 is 10.8 Å². The Labute approximate surface area is 161 Å². The molecular weight excluding hydrogens is 362 g/mol. The van der Waals surface area contributed by atoms with Crippen LogP contribution in [0, 0.1) is 17.0 Å². The van der Waals surface area contributed by atoms with Gasteiger partial charge in [0.15, 0.2) is 5.75 Å². The molecule has 0 saturated heterocycles. The fraction of sp³-hybridized carbons (Fsp3) is 0.200. The van der Waals surface area contributed by atoms with Crippen molar-refractivity contribution >= 4 is 11.6 Å². The number of benzene rings is 2. The summed E-state index contributed by atoms with van der Waals surface area (Å²) in [5, 5.41) is 13.8. The van der Waals surface area contributed by atoms with Crippen molar-refractivity contribution in [3.63, 3.8) is 0 Å². The van der Waals surface area contributed by atoms with E-state index in [2.05, 4.69) is 10.3 Å². The number of nitrogens with one attached hydrogen (secondary N) is 1. The fourth-order valence-corrected chi connectivity index (χ4v) is 2.63. The minimum Gasteiger partial charge on any atom is -0.490 e. The number of rotatable bonds is 7. The second kappa shape index (κ2) is 8.34. The average Bonchev–Trinajstić information content (AvgIpc) is 3.16. The van der Waals surface area contributed by atoms with Crippen molar-refractivity contribution in [2.24, 2.45) is 0 Å². The Hall–Kier alpha value is -3.68. The van der Waals surface area contributed by atoms with E-state index in [0.29, 0.717) is 24.6 Å². The van der Waals surface area contributed by atoms with Gasteiger partial charge in [-0.15, -0.1) is 0 Å². The standard InChI is InChI=1S/C20H19N3O5/c1-13-3-5-14(6-4-13)20-22-16(12-28-20)9-10-21-19(24)15-7-8-18(27-2)17(11-15)23(25)26/h3-8,11-12H,9-10H2,1-2H3,(H,21,24). The van der Waals surface area contributed by atoms with Crippen molar-refractivity contribution in [2.75, 3.05) is 13.7 Å². The van der Waals surface area contributed by atoms with E-state index in [1.165, 1.54) is 25.3 Å². The van der Waals surface area contributed by atoms with Gasteiger partial charge in [0.1, 0.15) is 6.26 Å². The molecule has 144 valence electrons. The van der Waals surface area contributed by atoms with Gasteiger partial charge in [0.25, 0.3) is 5.91 Å². The number of nitrogens with zero attached hydrogens (tertiary/aromatic N) is 2. The topological polar surface area (TPSA) is 108 Å². The summed E-state index contributed by atoms with van der Waals surface area (Å²) in [6, 6.07) is 11.9. The number of aryl methyl sites for hydroxylation is 1. The van der Waals surface area contributed by atoms with Crippen molar-refractivity contribution < 1.29 is 18.9 Å². The third-order valence-corrected chi connectivity index (χ3v) is 4.15. The molecule has 0 radical (unpaired) electrons. The second-order valence-electron chi connectivity index (χ2n) is 6.16. The van der Waals surface area contributed by atoms with Gasteiger partial charge in [-0.2, -0.15) is 0 Å². The largest absolute Gasteiger partial charge is 0.490 e. The normalized spacial score (nSPS) is 10.5. The number of hydrogen-bond donors (Lipinski definition) is 1. The van der Waals surface area contributed by atoms with Crippen LogP contribution in [0.2, 0.25) is 0 Å². The van der Waals surface area contributed by atoms with Crippen molar-refractivity contribution in [1.82, 2.24) is 10.3 Å². The summed E-state index contributed by atoms with van der Waals surface area (Å²) in [6.45, 7) is 2.32. The molecule has 0 fully saturated rings. The number of oxazole rings is 1. The Morgan fingerprint density at radius 3 is 2.68 bits per heavy atom. The molecule has 8 heteroatoms. The monoisotopic (exact) mass is 381 g/mol. The number of hydrogen-bond acceptors (Lipinski definition) is 6. The fourth-order valence-electron chi connectivity index (χ4n) is 2.63. The highest BCUT2D eigenvalue weighted by Crippen LogP contribution is 2.27. The molecule has 1 heterocycles. The highest BCUT2D eigenvalue weighted by atomic mass is 16.6. The van der Waals surface area contributed by atoms with Crippen molar-refractivity contribution in [3.8, 4) is 17.2 Å². The summed E-state index contributed by atoms with van der Waals surface area (Å²) < 4.78 is 10.4. The summed E-state index contributed by atoms with van der Waals surface area (Å²) in [5.74, 6) is 0.216. The minimum atomic E-state index is -0.586. The number of amides is 1. The number of nitro groups is 1. The minimum absolute atomic E-state index is 0.104. The Balaban J connectivity index is 1.59. The lowest BCUT2D eigenvalue weighted by Crippen LogP contribution is -2.25. The van der Waals surface area contributed by atoms with Crippen molar-refractivity contribution in [2.45, 2.75) is 13.3 Å². The molecule has 8 nitrogen and oxygen atoms in total. The van der Waals surface area contributed by atoms with Crippen LogP contribution in [0.3, 0.4) is 0 Å². The molecule has 1 N–H and O–H groups in total. The Morgan fingerprint density at radius 1 is 1.25 bits per heavy atom. The predicted molar refractivity (Wildman–Crippen MR) is 102 cm³/mol. The molecule has 1 amide bonds. The Bertz CT molecular complexity index is 995. The van der Waals surface area contributed by atoms with E-state index in [1.807, 2.05) is 31.2 Å². The number of methoxy groups -OCH3 is 1. The van der Waals surface area contributed by atoms with Gasteiger partial charge in [-0.1, -0.05) is 17.7 Å². The highest BCUT2D eigenvalue weighted by Gasteiger charge is 2.18. The number of carbonyl (C=O) groups excluding carboxylic acids is 1. The molecule has 0 spiro atoms. The molecule has 0 aliphatic rings. The van der Waals surface area contributed by atoms with E-state index in [-0.39, 0.29) is 17.0 Å². The summed E-state index contributed by atoms with van der Waals surface area (Å²) in [4.78, 5) is 27.1. The smallest absolute Gasteiger partial charge is 0.311 e. The Morgan fingerprint density at radius 2 is 2.00 bits per heavy atom. The van der Waals surface area contributed by atoms with Gasteiger partial charge in [0.05, 0.1) is 17.7 Å². The SMILES string of the molecule is COc1ccc(C(=O)NCCc2coc(-c3ccc(C)cc3)n2)cc1[N+](=O)[O-]. The van der Waals surface area contributed by atoms with E-state index in [1.54, 1.807) is 6.26 Å². The molecule has 0 aliphatic carbocycles. The van der Waals surface area contributed by atoms with Crippen LogP contribution < -0.4 is 10.1 Å². The first-order chi connectivity index (χ1) is 13.5. The van der Waals surface area contributed by atoms with Gasteiger partial charge in [-0.3, -0.25) is 14.9 Å². The van der Waals surface area contributed by atoms with Crippen LogP contribution >= 0.6 is 0 Å². The number of nitro benzene ring substituents is 1. The van der Waals surface area contributed by atoms with Gasteiger partial charge < -0.3 is 14.5 Å². The maximum absolute atomic E-state index is 12.2. The van der Waals surface area contributed by atoms with Crippen LogP contribution in [0.5, 0.6) is 5.75 Å². The van der Waals surface area contributed by atoms with E-state index >= 15 is 0 Å². The van der Waals surface area contributed by atoms with E-state index in [9.17, 15) is 14.9 Å². The third-order valence-electron chi connectivity index (χ3n) is 4.15. The Kier molecular flexibility index (Phi) is 5.69. The van der Waals surface area contributed by atoms with Gasteiger partial charge in [-0.25, -0.2) is 4.98 Å². The molecule has 3 rings (SSSR count). The molecule has 1 aromatic heterocycles. The highest BCUT2D eigenvalue weighted by molar-refractivity contribution is 5.95. The molecule has 3 aromatic rings. The van der Waals surface area contributed by atoms with Crippen LogP contribution in [-0.2, 0) is 6.42 Å².